The number of hydrogen-bond donors (Lipinski definition) is 1. The topological polar surface area (TPSA) is 63.6 Å². The minimum atomic E-state index is -0.785. The molecule has 1 atom stereocenters. The normalized spacial score (nSPS) is 19.4. The Hall–Kier alpha value is -1.32. The molecule has 1 aliphatic carbocycles. The van der Waals surface area contributed by atoms with Gasteiger partial charge in [0.2, 0.25) is 0 Å². The highest BCUT2D eigenvalue weighted by Crippen LogP contribution is 2.44. The minimum Gasteiger partial charge on any atom is -0.481 e. The second-order valence-electron chi connectivity index (χ2n) is 6.75. The zero-order valence-corrected chi connectivity index (χ0v) is 12.8. The van der Waals surface area contributed by atoms with Crippen LogP contribution in [0.4, 0.5) is 0 Å². The third-order valence-corrected chi connectivity index (χ3v) is 3.84. The number of carboxylic acids is 1. The first-order valence-corrected chi connectivity index (χ1v) is 7.27. The Labute approximate surface area is 121 Å². The quantitative estimate of drug-likeness (QED) is 0.597. The second-order valence-corrected chi connectivity index (χ2v) is 6.75. The van der Waals surface area contributed by atoms with Crippen LogP contribution in [0, 0.1) is 11.3 Å². The third kappa shape index (κ3) is 4.36. The second kappa shape index (κ2) is 6.42. The van der Waals surface area contributed by atoms with E-state index < -0.39 is 22.9 Å². The molecular weight excluding hydrogens is 256 g/mol. The van der Waals surface area contributed by atoms with E-state index in [1.807, 2.05) is 20.8 Å². The summed E-state index contributed by atoms with van der Waals surface area (Å²) in [7, 11) is 0. The van der Waals surface area contributed by atoms with Crippen LogP contribution in [0.1, 0.15) is 59.3 Å². The Bertz CT molecular complexity index is 372. The zero-order valence-electron chi connectivity index (χ0n) is 12.8. The molecule has 114 valence electrons. The molecule has 0 saturated heterocycles. The van der Waals surface area contributed by atoms with Crippen LogP contribution in [-0.4, -0.2) is 22.6 Å². The van der Waals surface area contributed by atoms with Gasteiger partial charge in [0.1, 0.15) is 5.60 Å². The van der Waals surface area contributed by atoms with Gasteiger partial charge >= 0.3 is 11.9 Å². The Morgan fingerprint density at radius 2 is 1.90 bits per heavy atom. The number of aliphatic carboxylic acids is 1. The van der Waals surface area contributed by atoms with Crippen molar-refractivity contribution in [2.45, 2.75) is 64.9 Å². The maximum absolute atomic E-state index is 12.2. The van der Waals surface area contributed by atoms with Crippen LogP contribution in [0.5, 0.6) is 0 Å². The number of rotatable bonds is 6. The van der Waals surface area contributed by atoms with Gasteiger partial charge in [0.25, 0.3) is 0 Å². The van der Waals surface area contributed by atoms with Crippen LogP contribution in [0.15, 0.2) is 12.7 Å². The van der Waals surface area contributed by atoms with Crippen molar-refractivity contribution in [3.8, 4) is 0 Å². The highest BCUT2D eigenvalue weighted by molar-refractivity contribution is 5.78. The van der Waals surface area contributed by atoms with Crippen molar-refractivity contribution in [1.82, 2.24) is 0 Å². The molecule has 1 aliphatic rings. The maximum atomic E-state index is 12.2. The molecule has 4 nitrogen and oxygen atoms in total. The van der Waals surface area contributed by atoms with Crippen molar-refractivity contribution >= 4 is 11.9 Å². The van der Waals surface area contributed by atoms with E-state index in [1.165, 1.54) is 0 Å². The molecule has 0 bridgehead atoms. The largest absolute Gasteiger partial charge is 0.481 e. The molecule has 1 rings (SSSR count). The van der Waals surface area contributed by atoms with Crippen molar-refractivity contribution in [3.05, 3.63) is 12.7 Å². The predicted molar refractivity (Wildman–Crippen MR) is 77.3 cm³/mol. The van der Waals surface area contributed by atoms with E-state index in [1.54, 1.807) is 6.08 Å². The highest BCUT2D eigenvalue weighted by Gasteiger charge is 2.44. The molecule has 1 saturated carbocycles. The van der Waals surface area contributed by atoms with E-state index in [-0.39, 0.29) is 5.97 Å². The summed E-state index contributed by atoms with van der Waals surface area (Å²) in [4.78, 5) is 23.8. The first-order chi connectivity index (χ1) is 9.20. The lowest BCUT2D eigenvalue weighted by Gasteiger charge is -2.29. The van der Waals surface area contributed by atoms with Gasteiger partial charge in [-0.1, -0.05) is 18.9 Å². The highest BCUT2D eigenvalue weighted by atomic mass is 16.6. The Kier molecular flexibility index (Phi) is 5.37. The van der Waals surface area contributed by atoms with Gasteiger partial charge in [-0.05, 0) is 46.5 Å². The molecule has 1 fully saturated rings. The molecule has 0 aliphatic heterocycles. The molecule has 0 unspecified atom stereocenters. The van der Waals surface area contributed by atoms with Crippen LogP contribution in [-0.2, 0) is 14.3 Å². The van der Waals surface area contributed by atoms with Crippen LogP contribution in [0.3, 0.4) is 0 Å². The number of hydrogen-bond acceptors (Lipinski definition) is 3. The van der Waals surface area contributed by atoms with E-state index in [0.717, 1.165) is 12.8 Å². The monoisotopic (exact) mass is 282 g/mol. The molecule has 0 heterocycles. The lowest BCUT2D eigenvalue weighted by Crippen LogP contribution is -2.35. The summed E-state index contributed by atoms with van der Waals surface area (Å²) < 4.78 is 5.41. The first kappa shape index (κ1) is 16.7. The maximum Gasteiger partial charge on any atom is 0.309 e. The van der Waals surface area contributed by atoms with Crippen molar-refractivity contribution in [2.75, 3.05) is 0 Å². The van der Waals surface area contributed by atoms with Gasteiger partial charge in [0, 0.05) is 0 Å². The third-order valence-electron chi connectivity index (χ3n) is 3.84. The molecule has 0 aromatic rings. The summed E-state index contributed by atoms with van der Waals surface area (Å²) in [5, 5.41) is 9.52. The summed E-state index contributed by atoms with van der Waals surface area (Å²) in [5.41, 5.74) is -1.31. The van der Waals surface area contributed by atoms with Gasteiger partial charge in [-0.2, -0.15) is 0 Å². The average molecular weight is 282 g/mol. The molecule has 1 N–H and O–H groups in total. The molecule has 4 heteroatoms. The van der Waals surface area contributed by atoms with E-state index in [4.69, 9.17) is 4.74 Å². The number of carbonyl (C=O) groups excluding carboxylic acids is 1. The van der Waals surface area contributed by atoms with Gasteiger partial charge in [-0.25, -0.2) is 0 Å². The van der Waals surface area contributed by atoms with Gasteiger partial charge in [0.05, 0.1) is 11.3 Å². The summed E-state index contributed by atoms with van der Waals surface area (Å²) in [6.07, 6.45) is 5.62. The minimum absolute atomic E-state index is 0.315. The van der Waals surface area contributed by atoms with Crippen LogP contribution >= 0.6 is 0 Å². The van der Waals surface area contributed by atoms with Crippen molar-refractivity contribution < 1.29 is 19.4 Å². The fourth-order valence-corrected chi connectivity index (χ4v) is 2.88. The predicted octanol–water partition coefficient (Wildman–Crippen LogP) is 3.56. The number of carboxylic acid groups (broad SMARTS) is 1. The summed E-state index contributed by atoms with van der Waals surface area (Å²) in [6, 6.07) is 0. The van der Waals surface area contributed by atoms with E-state index in [0.29, 0.717) is 25.7 Å². The van der Waals surface area contributed by atoms with E-state index in [2.05, 4.69) is 6.58 Å². The number of allylic oxidation sites excluding steroid dienone is 1. The molecule has 20 heavy (non-hydrogen) atoms. The molecule has 0 radical (unpaired) electrons. The Balaban J connectivity index is 2.83. The van der Waals surface area contributed by atoms with Crippen LogP contribution in [0.25, 0.3) is 0 Å². The Morgan fingerprint density at radius 1 is 1.35 bits per heavy atom. The standard InChI is InChI=1S/C16H26O4/c1-5-8-12(13(17)20-15(2,3)4)11-16(14(18)19)9-6-7-10-16/h5,12H,1,6-11H2,2-4H3,(H,18,19)/t12-/m1/s1. The zero-order chi connectivity index (χ0) is 15.4. The van der Waals surface area contributed by atoms with Gasteiger partial charge < -0.3 is 9.84 Å². The lowest BCUT2D eigenvalue weighted by atomic mass is 9.76. The van der Waals surface area contributed by atoms with Crippen molar-refractivity contribution in [3.63, 3.8) is 0 Å². The summed E-state index contributed by atoms with van der Waals surface area (Å²) in [5.74, 6) is -1.52. The lowest BCUT2D eigenvalue weighted by molar-refractivity contribution is -0.163. The molecule has 0 aromatic carbocycles. The summed E-state index contributed by atoms with van der Waals surface area (Å²) in [6.45, 7) is 9.12. The average Bonchev–Trinajstić information content (AvgIpc) is 2.76. The molecule has 0 amide bonds. The van der Waals surface area contributed by atoms with E-state index >= 15 is 0 Å². The Morgan fingerprint density at radius 3 is 2.30 bits per heavy atom. The van der Waals surface area contributed by atoms with Crippen LogP contribution < -0.4 is 0 Å². The number of ether oxygens (including phenoxy) is 1. The molecule has 0 spiro atoms. The van der Waals surface area contributed by atoms with Gasteiger partial charge in [-0.3, -0.25) is 9.59 Å². The summed E-state index contributed by atoms with van der Waals surface area (Å²) >= 11 is 0. The first-order valence-electron chi connectivity index (χ1n) is 7.27. The van der Waals surface area contributed by atoms with Crippen molar-refractivity contribution in [1.29, 1.82) is 0 Å². The van der Waals surface area contributed by atoms with Gasteiger partial charge in [0.15, 0.2) is 0 Å². The fourth-order valence-electron chi connectivity index (χ4n) is 2.88. The SMILES string of the molecule is C=CC[C@H](CC1(C(=O)O)CCCC1)C(=O)OC(C)(C)C. The fraction of sp³-hybridized carbons (Fsp3) is 0.750. The van der Waals surface area contributed by atoms with E-state index in [9.17, 15) is 14.7 Å². The smallest absolute Gasteiger partial charge is 0.309 e. The van der Waals surface area contributed by atoms with Gasteiger partial charge in [-0.15, -0.1) is 6.58 Å². The number of carbonyl (C=O) groups is 2. The molecule has 0 aromatic heterocycles. The molecular formula is C16H26O4. The van der Waals surface area contributed by atoms with Crippen LogP contribution in [0.2, 0.25) is 0 Å². The number of esters is 1. The van der Waals surface area contributed by atoms with Crippen molar-refractivity contribution in [2.24, 2.45) is 11.3 Å².